The number of thioether (sulfide) groups is 1. The fourth-order valence-corrected chi connectivity index (χ4v) is 4.98. The summed E-state index contributed by atoms with van der Waals surface area (Å²) in [7, 11) is 0. The lowest BCUT2D eigenvalue weighted by Gasteiger charge is -2.39. The first kappa shape index (κ1) is 21.3. The smallest absolute Gasteiger partial charge is 0.324 e. The molecule has 2 saturated heterocycles. The lowest BCUT2D eigenvalue weighted by Crippen LogP contribution is -2.49. The van der Waals surface area contributed by atoms with Crippen molar-refractivity contribution in [3.8, 4) is 0 Å². The maximum Gasteiger partial charge on any atom is 0.416 e. The number of hydrogen-bond acceptors (Lipinski definition) is 3. The second-order valence-electron chi connectivity index (χ2n) is 7.42. The van der Waals surface area contributed by atoms with Crippen molar-refractivity contribution in [1.29, 1.82) is 0 Å². The van der Waals surface area contributed by atoms with E-state index in [-0.39, 0.29) is 6.03 Å². The van der Waals surface area contributed by atoms with Crippen molar-refractivity contribution in [2.45, 2.75) is 50.9 Å². The van der Waals surface area contributed by atoms with Gasteiger partial charge in [0.25, 0.3) is 0 Å². The molecule has 1 aromatic carbocycles. The van der Waals surface area contributed by atoms with Crippen LogP contribution in [0.25, 0.3) is 0 Å². The van der Waals surface area contributed by atoms with Gasteiger partial charge in [0.2, 0.25) is 0 Å². The Morgan fingerprint density at radius 1 is 1.14 bits per heavy atom. The van der Waals surface area contributed by atoms with Crippen LogP contribution in [-0.2, 0) is 6.18 Å². The van der Waals surface area contributed by atoms with Gasteiger partial charge in [0.1, 0.15) is 0 Å². The minimum Gasteiger partial charge on any atom is -0.324 e. The number of carbonyl (C=O) groups excluding carboxylic acids is 1. The number of urea groups is 1. The van der Waals surface area contributed by atoms with Crippen LogP contribution in [0.2, 0.25) is 0 Å². The number of nitrogens with zero attached hydrogens (tertiary/aromatic N) is 2. The summed E-state index contributed by atoms with van der Waals surface area (Å²) in [5, 5.41) is 2.71. The van der Waals surface area contributed by atoms with E-state index < -0.39 is 11.7 Å². The quantitative estimate of drug-likeness (QED) is 0.742. The number of nitrogens with one attached hydrogen (secondary N) is 1. The Morgan fingerprint density at radius 3 is 2.43 bits per heavy atom. The molecule has 1 atom stereocenters. The van der Waals surface area contributed by atoms with Crippen molar-refractivity contribution in [2.24, 2.45) is 0 Å². The highest BCUT2D eigenvalue weighted by Gasteiger charge is 2.34. The van der Waals surface area contributed by atoms with Gasteiger partial charge in [-0.25, -0.2) is 4.79 Å². The highest BCUT2D eigenvalue weighted by Crippen LogP contribution is 2.30. The van der Waals surface area contributed by atoms with Gasteiger partial charge in [0.15, 0.2) is 0 Å². The molecule has 0 aliphatic carbocycles. The van der Waals surface area contributed by atoms with Crippen LogP contribution in [0.15, 0.2) is 24.3 Å². The first-order valence-corrected chi connectivity index (χ1v) is 11.1. The zero-order valence-electron chi connectivity index (χ0n) is 16.2. The van der Waals surface area contributed by atoms with E-state index in [4.69, 9.17) is 0 Å². The summed E-state index contributed by atoms with van der Waals surface area (Å²) in [6.07, 6.45) is 0.0557. The first-order chi connectivity index (χ1) is 13.4. The van der Waals surface area contributed by atoms with Crippen LogP contribution in [0, 0.1) is 0 Å². The van der Waals surface area contributed by atoms with E-state index in [1.807, 2.05) is 11.8 Å². The molecule has 28 heavy (non-hydrogen) atoms. The van der Waals surface area contributed by atoms with Gasteiger partial charge in [-0.05, 0) is 62.2 Å². The molecule has 156 valence electrons. The molecule has 0 aromatic heterocycles. The minimum atomic E-state index is -4.37. The van der Waals surface area contributed by atoms with Crippen LogP contribution >= 0.6 is 11.8 Å². The zero-order chi connectivity index (χ0) is 20.1. The summed E-state index contributed by atoms with van der Waals surface area (Å²) >= 11 is 2.00. The number of hydrogen-bond donors (Lipinski definition) is 1. The second kappa shape index (κ2) is 9.39. The average Bonchev–Trinajstić information content (AvgIpc) is 3.14. The van der Waals surface area contributed by atoms with Gasteiger partial charge in [-0.3, -0.25) is 4.90 Å². The molecule has 2 amide bonds. The van der Waals surface area contributed by atoms with Crippen molar-refractivity contribution in [2.75, 3.05) is 36.5 Å². The van der Waals surface area contributed by atoms with Gasteiger partial charge < -0.3 is 10.2 Å². The van der Waals surface area contributed by atoms with Crippen LogP contribution in [0.3, 0.4) is 0 Å². The number of piperidine rings is 1. The van der Waals surface area contributed by atoms with Crippen molar-refractivity contribution in [1.82, 2.24) is 9.80 Å². The molecule has 1 N–H and O–H groups in total. The maximum atomic E-state index is 12.6. The van der Waals surface area contributed by atoms with Gasteiger partial charge in [-0.15, -0.1) is 0 Å². The Hall–Kier alpha value is -1.41. The van der Waals surface area contributed by atoms with E-state index in [9.17, 15) is 18.0 Å². The predicted molar refractivity (Wildman–Crippen MR) is 108 cm³/mol. The normalized spacial score (nSPS) is 21.9. The maximum absolute atomic E-state index is 12.6. The van der Waals surface area contributed by atoms with Gasteiger partial charge in [-0.1, -0.05) is 6.92 Å². The molecule has 2 heterocycles. The lowest BCUT2D eigenvalue weighted by atomic mass is 10.0. The van der Waals surface area contributed by atoms with E-state index in [0.717, 1.165) is 37.3 Å². The van der Waals surface area contributed by atoms with Crippen LogP contribution in [0.5, 0.6) is 0 Å². The second-order valence-corrected chi connectivity index (χ2v) is 8.74. The number of anilines is 1. The summed E-state index contributed by atoms with van der Waals surface area (Å²) in [5.41, 5.74) is -0.330. The Morgan fingerprint density at radius 2 is 1.82 bits per heavy atom. The Bertz CT molecular complexity index is 645. The van der Waals surface area contributed by atoms with Gasteiger partial charge >= 0.3 is 12.2 Å². The molecule has 2 aliphatic heterocycles. The van der Waals surface area contributed by atoms with E-state index in [1.54, 1.807) is 4.90 Å². The number of alkyl halides is 3. The molecule has 3 rings (SSSR count). The zero-order valence-corrected chi connectivity index (χ0v) is 17.0. The van der Waals surface area contributed by atoms with E-state index in [2.05, 4.69) is 17.1 Å². The molecule has 8 heteroatoms. The van der Waals surface area contributed by atoms with E-state index in [1.165, 1.54) is 30.7 Å². The van der Waals surface area contributed by atoms with E-state index in [0.29, 0.717) is 30.9 Å². The third kappa shape index (κ3) is 5.35. The highest BCUT2D eigenvalue weighted by atomic mass is 32.2. The standard InChI is InChI=1S/C20H28F3N3OS/c1-2-28-14-18-4-3-11-26(18)17-9-12-25(13-10-17)19(27)24-16-7-5-15(6-8-16)20(21,22)23/h5-8,17-18H,2-4,9-14H2,1H3,(H,24,27)/t18-/m1/s1. The largest absolute Gasteiger partial charge is 0.416 e. The SMILES string of the molecule is CCSC[C@H]1CCCN1C1CCN(C(=O)Nc2ccc(C(F)(F)F)cc2)CC1. The van der Waals surface area contributed by atoms with Crippen LogP contribution in [0.4, 0.5) is 23.7 Å². The Labute approximate surface area is 168 Å². The molecule has 2 fully saturated rings. The molecule has 0 bridgehead atoms. The summed E-state index contributed by atoms with van der Waals surface area (Å²) in [4.78, 5) is 16.9. The summed E-state index contributed by atoms with van der Waals surface area (Å²) in [5.74, 6) is 2.33. The molecule has 0 spiro atoms. The molecule has 0 saturated carbocycles. The van der Waals surface area contributed by atoms with E-state index >= 15 is 0 Å². The van der Waals surface area contributed by atoms with Gasteiger partial charge in [0.05, 0.1) is 5.56 Å². The third-order valence-corrected chi connectivity index (χ3v) is 6.65. The summed E-state index contributed by atoms with van der Waals surface area (Å²) in [6, 6.07) is 5.52. The number of carbonyl (C=O) groups is 1. The number of amides is 2. The molecular weight excluding hydrogens is 387 g/mol. The minimum absolute atomic E-state index is 0.238. The third-order valence-electron chi connectivity index (χ3n) is 5.62. The molecule has 2 aliphatic rings. The lowest BCUT2D eigenvalue weighted by molar-refractivity contribution is -0.137. The fraction of sp³-hybridized carbons (Fsp3) is 0.650. The molecule has 1 aromatic rings. The number of rotatable bonds is 5. The average molecular weight is 416 g/mol. The van der Waals surface area contributed by atoms with Crippen molar-refractivity contribution >= 4 is 23.5 Å². The van der Waals surface area contributed by atoms with Crippen molar-refractivity contribution < 1.29 is 18.0 Å². The molecular formula is C20H28F3N3OS. The summed E-state index contributed by atoms with van der Waals surface area (Å²) < 4.78 is 37.9. The van der Waals surface area contributed by atoms with Gasteiger partial charge in [0, 0.05) is 36.6 Å². The van der Waals surface area contributed by atoms with Crippen LogP contribution in [-0.4, -0.2) is 59.1 Å². The predicted octanol–water partition coefficient (Wildman–Crippen LogP) is 4.92. The number of halogens is 3. The first-order valence-electron chi connectivity index (χ1n) is 9.95. The van der Waals surface area contributed by atoms with Crippen LogP contribution < -0.4 is 5.32 Å². The Kier molecular flexibility index (Phi) is 7.15. The molecule has 0 radical (unpaired) electrons. The highest BCUT2D eigenvalue weighted by molar-refractivity contribution is 7.99. The molecule has 0 unspecified atom stereocenters. The number of likely N-dealkylation sites (tertiary alicyclic amines) is 2. The fourth-order valence-electron chi connectivity index (χ4n) is 4.12. The Balaban J connectivity index is 1.48. The van der Waals surface area contributed by atoms with Crippen molar-refractivity contribution in [3.63, 3.8) is 0 Å². The molecule has 4 nitrogen and oxygen atoms in total. The summed E-state index contributed by atoms with van der Waals surface area (Å²) in [6.45, 7) is 4.71. The topological polar surface area (TPSA) is 35.6 Å². The van der Waals surface area contributed by atoms with Gasteiger partial charge in [-0.2, -0.15) is 24.9 Å². The number of benzene rings is 1. The van der Waals surface area contributed by atoms with Crippen LogP contribution in [0.1, 0.15) is 38.2 Å². The van der Waals surface area contributed by atoms with Crippen molar-refractivity contribution in [3.05, 3.63) is 29.8 Å². The monoisotopic (exact) mass is 415 g/mol.